The summed E-state index contributed by atoms with van der Waals surface area (Å²) in [5.74, 6) is 0.286. The van der Waals surface area contributed by atoms with Gasteiger partial charge in [0.05, 0.1) is 6.10 Å². The molecule has 1 aliphatic rings. The molecule has 0 bridgehead atoms. The highest BCUT2D eigenvalue weighted by atomic mass is 32.2. The van der Waals surface area contributed by atoms with Crippen LogP contribution in [0.3, 0.4) is 0 Å². The van der Waals surface area contributed by atoms with Gasteiger partial charge >= 0.3 is 5.97 Å². The van der Waals surface area contributed by atoms with Crippen LogP contribution < -0.4 is 0 Å². The Morgan fingerprint density at radius 2 is 2.06 bits per heavy atom. The number of hydrogen-bond acceptors (Lipinski definition) is 6. The third kappa shape index (κ3) is 3.10. The molecule has 1 heterocycles. The van der Waals surface area contributed by atoms with E-state index < -0.39 is 35.8 Å². The third-order valence-corrected chi connectivity index (χ3v) is 3.46. The van der Waals surface area contributed by atoms with Gasteiger partial charge in [-0.2, -0.15) is 0 Å². The quantitative estimate of drug-likeness (QED) is 0.694. The van der Waals surface area contributed by atoms with Gasteiger partial charge in [-0.15, -0.1) is 11.8 Å². The number of esters is 1. The molecule has 0 amide bonds. The van der Waals surface area contributed by atoms with Crippen LogP contribution in [0.1, 0.15) is 20.8 Å². The summed E-state index contributed by atoms with van der Waals surface area (Å²) in [4.78, 5) is 10.9. The molecule has 5 nitrogen and oxygen atoms in total. The van der Waals surface area contributed by atoms with E-state index in [4.69, 9.17) is 9.47 Å². The van der Waals surface area contributed by atoms with Crippen LogP contribution in [0.5, 0.6) is 0 Å². The van der Waals surface area contributed by atoms with E-state index >= 15 is 0 Å². The summed E-state index contributed by atoms with van der Waals surface area (Å²) in [6.07, 6.45) is -3.41. The minimum atomic E-state index is -1.10. The van der Waals surface area contributed by atoms with E-state index in [-0.39, 0.29) is 0 Å². The lowest BCUT2D eigenvalue weighted by Gasteiger charge is -2.40. The Morgan fingerprint density at radius 1 is 1.44 bits per heavy atom. The van der Waals surface area contributed by atoms with E-state index in [0.717, 1.165) is 5.75 Å². The molecule has 16 heavy (non-hydrogen) atoms. The maximum Gasteiger partial charge on any atom is 0.303 e. The number of aliphatic hydroxyl groups is 2. The van der Waals surface area contributed by atoms with Crippen LogP contribution in [-0.2, 0) is 14.3 Å². The van der Waals surface area contributed by atoms with Crippen molar-refractivity contribution >= 4 is 17.7 Å². The second kappa shape index (κ2) is 5.86. The lowest BCUT2D eigenvalue weighted by molar-refractivity contribution is -0.208. The van der Waals surface area contributed by atoms with Crippen LogP contribution in [0, 0.1) is 0 Å². The molecule has 1 saturated heterocycles. The summed E-state index contributed by atoms with van der Waals surface area (Å²) in [5, 5.41) is 19.5. The standard InChI is InChI=1S/C10H18O5S/c1-4-16-10-9(15-6(3)11)8(13)7(12)5(2)14-10/h5,7-10,12-13H,4H2,1-3H3/t5?,7-,8?,9-,10-/m0/s1. The monoisotopic (exact) mass is 250 g/mol. The van der Waals surface area contributed by atoms with Crippen molar-refractivity contribution < 1.29 is 24.5 Å². The summed E-state index contributed by atoms with van der Waals surface area (Å²) >= 11 is 1.44. The maximum atomic E-state index is 10.9. The SMILES string of the molecule is CCS[C@@H]1OC(C)[C@H](O)C(O)[C@@H]1OC(C)=O. The van der Waals surface area contributed by atoms with E-state index in [0.29, 0.717) is 0 Å². The van der Waals surface area contributed by atoms with Gasteiger partial charge in [-0.3, -0.25) is 4.79 Å². The van der Waals surface area contributed by atoms with Crippen LogP contribution in [0.4, 0.5) is 0 Å². The summed E-state index contributed by atoms with van der Waals surface area (Å²) in [6, 6.07) is 0. The zero-order valence-corrected chi connectivity index (χ0v) is 10.4. The van der Waals surface area contributed by atoms with Crippen molar-refractivity contribution in [3.8, 4) is 0 Å². The van der Waals surface area contributed by atoms with Crippen LogP contribution in [-0.4, -0.2) is 51.8 Å². The molecule has 5 atom stereocenters. The number of aliphatic hydroxyl groups excluding tert-OH is 2. The van der Waals surface area contributed by atoms with Crippen molar-refractivity contribution in [3.63, 3.8) is 0 Å². The molecule has 0 spiro atoms. The summed E-state index contributed by atoms with van der Waals surface area (Å²) in [5.41, 5.74) is -0.428. The lowest BCUT2D eigenvalue weighted by Crippen LogP contribution is -2.57. The van der Waals surface area contributed by atoms with E-state index in [9.17, 15) is 15.0 Å². The van der Waals surface area contributed by atoms with Crippen LogP contribution in [0.2, 0.25) is 0 Å². The van der Waals surface area contributed by atoms with Gasteiger partial charge in [-0.25, -0.2) is 0 Å². The van der Waals surface area contributed by atoms with E-state index in [1.807, 2.05) is 6.92 Å². The van der Waals surface area contributed by atoms with Gasteiger partial charge in [-0.1, -0.05) is 6.92 Å². The van der Waals surface area contributed by atoms with Crippen LogP contribution >= 0.6 is 11.8 Å². The summed E-state index contributed by atoms with van der Waals surface area (Å²) in [7, 11) is 0. The Kier molecular flexibility index (Phi) is 5.04. The Labute approximate surface area is 99.1 Å². The molecule has 0 aliphatic carbocycles. The van der Waals surface area contributed by atoms with Crippen molar-refractivity contribution in [2.45, 2.75) is 50.6 Å². The minimum absolute atomic E-state index is 0.428. The number of ether oxygens (including phenoxy) is 2. The molecule has 0 radical (unpaired) electrons. The second-order valence-corrected chi connectivity index (χ2v) is 5.10. The average molecular weight is 250 g/mol. The Morgan fingerprint density at radius 3 is 2.56 bits per heavy atom. The number of rotatable bonds is 3. The van der Waals surface area contributed by atoms with E-state index in [1.54, 1.807) is 6.92 Å². The fourth-order valence-corrected chi connectivity index (χ4v) is 2.61. The first-order chi connectivity index (χ1) is 7.47. The molecule has 2 unspecified atom stereocenters. The van der Waals surface area contributed by atoms with E-state index in [2.05, 4.69) is 0 Å². The first-order valence-electron chi connectivity index (χ1n) is 5.27. The molecule has 2 N–H and O–H groups in total. The van der Waals surface area contributed by atoms with Crippen molar-refractivity contribution in [3.05, 3.63) is 0 Å². The number of thioether (sulfide) groups is 1. The number of carbonyl (C=O) groups excluding carboxylic acids is 1. The van der Waals surface area contributed by atoms with Gasteiger partial charge in [0.2, 0.25) is 0 Å². The fraction of sp³-hybridized carbons (Fsp3) is 0.900. The summed E-state index contributed by atoms with van der Waals surface area (Å²) < 4.78 is 10.5. The van der Waals surface area contributed by atoms with Gasteiger partial charge in [-0.05, 0) is 12.7 Å². The number of carbonyl (C=O) groups is 1. The Bertz CT molecular complexity index is 247. The zero-order valence-electron chi connectivity index (χ0n) is 9.62. The predicted octanol–water partition coefficient (Wildman–Crippen LogP) is 0.138. The minimum Gasteiger partial charge on any atom is -0.456 e. The normalized spacial score (nSPS) is 39.4. The highest BCUT2D eigenvalue weighted by molar-refractivity contribution is 7.99. The van der Waals surface area contributed by atoms with Crippen LogP contribution in [0.25, 0.3) is 0 Å². The topological polar surface area (TPSA) is 76.0 Å². The molecule has 1 rings (SSSR count). The van der Waals surface area contributed by atoms with Gasteiger partial charge in [0.25, 0.3) is 0 Å². The predicted molar refractivity (Wildman–Crippen MR) is 60.0 cm³/mol. The fourth-order valence-electron chi connectivity index (χ4n) is 1.62. The van der Waals surface area contributed by atoms with Gasteiger partial charge in [0, 0.05) is 6.92 Å². The number of hydrogen-bond donors (Lipinski definition) is 2. The van der Waals surface area contributed by atoms with Crippen molar-refractivity contribution in [2.24, 2.45) is 0 Å². The maximum absolute atomic E-state index is 10.9. The molecule has 0 aromatic rings. The smallest absolute Gasteiger partial charge is 0.303 e. The highest BCUT2D eigenvalue weighted by Gasteiger charge is 2.44. The molecular weight excluding hydrogens is 232 g/mol. The van der Waals surface area contributed by atoms with Gasteiger partial charge < -0.3 is 19.7 Å². The van der Waals surface area contributed by atoms with Gasteiger partial charge in [0.15, 0.2) is 6.10 Å². The van der Waals surface area contributed by atoms with Crippen LogP contribution in [0.15, 0.2) is 0 Å². The van der Waals surface area contributed by atoms with Crippen molar-refractivity contribution in [1.29, 1.82) is 0 Å². The lowest BCUT2D eigenvalue weighted by atomic mass is 10.0. The Balaban J connectivity index is 2.75. The van der Waals surface area contributed by atoms with Crippen molar-refractivity contribution in [1.82, 2.24) is 0 Å². The molecule has 1 fully saturated rings. The molecule has 0 saturated carbocycles. The molecule has 94 valence electrons. The highest BCUT2D eigenvalue weighted by Crippen LogP contribution is 2.30. The van der Waals surface area contributed by atoms with Crippen molar-refractivity contribution in [2.75, 3.05) is 5.75 Å². The second-order valence-electron chi connectivity index (χ2n) is 3.72. The Hall–Kier alpha value is -0.300. The summed E-state index contributed by atoms with van der Waals surface area (Å²) in [6.45, 7) is 4.90. The zero-order chi connectivity index (χ0) is 12.3. The first kappa shape index (κ1) is 13.8. The largest absolute Gasteiger partial charge is 0.456 e. The third-order valence-electron chi connectivity index (χ3n) is 2.42. The average Bonchev–Trinajstić information content (AvgIpc) is 2.21. The molecular formula is C10H18O5S. The molecule has 6 heteroatoms. The molecule has 0 aromatic carbocycles. The van der Waals surface area contributed by atoms with Gasteiger partial charge in [0.1, 0.15) is 17.6 Å². The first-order valence-corrected chi connectivity index (χ1v) is 6.32. The van der Waals surface area contributed by atoms with E-state index in [1.165, 1.54) is 18.7 Å². The molecule has 0 aromatic heterocycles. The molecule has 1 aliphatic heterocycles.